The standard InChI is InChI=1S/C25H30N2O5.ClH/c1-3-32-25(31)21(14-13-18-9-5-4-6-10-18)26-17(2)23(28)27-16-20-12-8-7-11-19(20)15-22(27)24(29)30;/h4-12,17,21-22,26H,3,13-16H2,1-2H3,(H,29,30);1H/p-1/t17-,21-,22-;/m0./s1. The number of hydrogen-bond donors (Lipinski definition) is 2. The molecule has 1 aliphatic rings. The molecule has 3 atom stereocenters. The van der Waals surface area contributed by atoms with Crippen molar-refractivity contribution in [3.63, 3.8) is 0 Å². The van der Waals surface area contributed by atoms with Crippen LogP contribution in [0.2, 0.25) is 0 Å². The molecule has 0 spiro atoms. The molecule has 2 aromatic carbocycles. The Bertz CT molecular complexity index is 953. The third kappa shape index (κ3) is 6.79. The van der Waals surface area contributed by atoms with Crippen LogP contribution in [-0.2, 0) is 38.5 Å². The minimum atomic E-state index is -1.04. The first-order valence-corrected chi connectivity index (χ1v) is 11.0. The molecular weight excluding hydrogens is 444 g/mol. The van der Waals surface area contributed by atoms with Crippen molar-refractivity contribution in [2.75, 3.05) is 6.61 Å². The van der Waals surface area contributed by atoms with Crippen LogP contribution in [0.4, 0.5) is 0 Å². The van der Waals surface area contributed by atoms with E-state index in [-0.39, 0.29) is 37.9 Å². The highest BCUT2D eigenvalue weighted by Gasteiger charge is 2.37. The molecule has 0 aliphatic carbocycles. The van der Waals surface area contributed by atoms with Gasteiger partial charge in [0.25, 0.3) is 0 Å². The van der Waals surface area contributed by atoms with E-state index in [1.165, 1.54) is 4.90 Å². The molecule has 2 aromatic rings. The topological polar surface area (TPSA) is 95.9 Å². The second-order valence-corrected chi connectivity index (χ2v) is 8.01. The SMILES string of the molecule is CCOC(=O)[C@H](CCc1ccccc1)N[C@@H](C)C(=O)N1Cc2ccccc2C[C@H]1C(=O)O.[Cl-]. The highest BCUT2D eigenvalue weighted by atomic mass is 35.5. The van der Waals surface area contributed by atoms with Crippen molar-refractivity contribution in [2.24, 2.45) is 0 Å². The number of aryl methyl sites for hydroxylation is 1. The lowest BCUT2D eigenvalue weighted by Gasteiger charge is -2.36. The lowest BCUT2D eigenvalue weighted by molar-refractivity contribution is -0.153. The van der Waals surface area contributed by atoms with E-state index in [0.717, 1.165) is 16.7 Å². The first-order chi connectivity index (χ1) is 15.4. The van der Waals surface area contributed by atoms with E-state index in [2.05, 4.69) is 5.32 Å². The number of ether oxygens (including phenoxy) is 1. The zero-order valence-corrected chi connectivity index (χ0v) is 19.6. The van der Waals surface area contributed by atoms with Gasteiger partial charge in [-0.25, -0.2) is 4.79 Å². The molecule has 1 heterocycles. The predicted molar refractivity (Wildman–Crippen MR) is 120 cm³/mol. The van der Waals surface area contributed by atoms with Crippen molar-refractivity contribution in [3.05, 3.63) is 71.3 Å². The van der Waals surface area contributed by atoms with Crippen molar-refractivity contribution in [1.82, 2.24) is 10.2 Å². The summed E-state index contributed by atoms with van der Waals surface area (Å²) in [4.78, 5) is 39.1. The number of carboxylic acid groups (broad SMARTS) is 1. The van der Waals surface area contributed by atoms with E-state index in [4.69, 9.17) is 4.74 Å². The first-order valence-electron chi connectivity index (χ1n) is 11.0. The second kappa shape index (κ2) is 12.4. The Labute approximate surface area is 200 Å². The molecule has 0 saturated heterocycles. The van der Waals surface area contributed by atoms with Gasteiger partial charge in [-0.2, -0.15) is 0 Å². The Morgan fingerprint density at radius 1 is 1.09 bits per heavy atom. The molecule has 0 bridgehead atoms. The number of carboxylic acids is 1. The quantitative estimate of drug-likeness (QED) is 0.480. The van der Waals surface area contributed by atoms with Gasteiger partial charge in [0.1, 0.15) is 12.1 Å². The van der Waals surface area contributed by atoms with Crippen LogP contribution in [0.5, 0.6) is 0 Å². The van der Waals surface area contributed by atoms with Crippen molar-refractivity contribution >= 4 is 17.8 Å². The molecule has 1 amide bonds. The number of rotatable bonds is 9. The van der Waals surface area contributed by atoms with Crippen LogP contribution < -0.4 is 17.7 Å². The van der Waals surface area contributed by atoms with Crippen LogP contribution in [0, 0.1) is 0 Å². The second-order valence-electron chi connectivity index (χ2n) is 8.01. The molecule has 0 unspecified atom stereocenters. The summed E-state index contributed by atoms with van der Waals surface area (Å²) in [5.74, 6) is -1.80. The Balaban J connectivity index is 0.00000385. The maximum atomic E-state index is 13.3. The largest absolute Gasteiger partial charge is 1.00 e. The lowest BCUT2D eigenvalue weighted by atomic mass is 9.93. The normalized spacial score (nSPS) is 16.7. The number of aliphatic carboxylic acids is 1. The van der Waals surface area contributed by atoms with Crippen molar-refractivity contribution in [1.29, 1.82) is 0 Å². The van der Waals surface area contributed by atoms with Gasteiger partial charge >= 0.3 is 11.9 Å². The highest BCUT2D eigenvalue weighted by molar-refractivity contribution is 5.88. The Morgan fingerprint density at radius 2 is 1.73 bits per heavy atom. The molecular formula is C25H30ClN2O5-. The molecule has 33 heavy (non-hydrogen) atoms. The fraction of sp³-hybridized carbons (Fsp3) is 0.400. The van der Waals surface area contributed by atoms with E-state index in [1.54, 1.807) is 13.8 Å². The third-order valence-corrected chi connectivity index (χ3v) is 5.77. The van der Waals surface area contributed by atoms with Gasteiger partial charge in [0, 0.05) is 13.0 Å². The molecule has 3 rings (SSSR count). The lowest BCUT2D eigenvalue weighted by Crippen LogP contribution is -3.00. The van der Waals surface area contributed by atoms with Gasteiger partial charge in [-0.1, -0.05) is 54.6 Å². The molecule has 0 fully saturated rings. The van der Waals surface area contributed by atoms with Crippen LogP contribution in [0.25, 0.3) is 0 Å². The number of nitrogens with zero attached hydrogens (tertiary/aromatic N) is 1. The van der Waals surface area contributed by atoms with E-state index in [1.807, 2.05) is 54.6 Å². The average Bonchev–Trinajstić information content (AvgIpc) is 2.80. The maximum absolute atomic E-state index is 13.3. The maximum Gasteiger partial charge on any atom is 0.326 e. The molecule has 1 aliphatic heterocycles. The molecule has 8 heteroatoms. The molecule has 0 saturated carbocycles. The van der Waals surface area contributed by atoms with Crippen molar-refractivity contribution in [2.45, 2.75) is 57.8 Å². The summed E-state index contributed by atoms with van der Waals surface area (Å²) >= 11 is 0. The number of carbonyl (C=O) groups excluding carboxylic acids is 2. The number of carbonyl (C=O) groups is 3. The van der Waals surface area contributed by atoms with Gasteiger partial charge in [-0.15, -0.1) is 0 Å². The summed E-state index contributed by atoms with van der Waals surface area (Å²) in [5.41, 5.74) is 2.97. The zero-order valence-electron chi connectivity index (χ0n) is 18.9. The zero-order chi connectivity index (χ0) is 23.1. The van der Waals surface area contributed by atoms with Crippen molar-refractivity contribution < 1.29 is 36.6 Å². The van der Waals surface area contributed by atoms with Gasteiger partial charge in [0.05, 0.1) is 12.6 Å². The molecule has 0 aromatic heterocycles. The van der Waals surface area contributed by atoms with E-state index in [9.17, 15) is 19.5 Å². The number of esters is 1. The number of nitrogens with one attached hydrogen (secondary N) is 1. The highest BCUT2D eigenvalue weighted by Crippen LogP contribution is 2.24. The van der Waals surface area contributed by atoms with Crippen LogP contribution in [0.3, 0.4) is 0 Å². The smallest absolute Gasteiger partial charge is 0.326 e. The summed E-state index contributed by atoms with van der Waals surface area (Å²) in [6.07, 6.45) is 1.37. The molecule has 2 N–H and O–H groups in total. The summed E-state index contributed by atoms with van der Waals surface area (Å²) in [6, 6.07) is 15.0. The Hall–Kier alpha value is -2.90. The number of fused-ring (bicyclic) bond motifs is 1. The van der Waals surface area contributed by atoms with Gasteiger partial charge < -0.3 is 27.2 Å². The number of halogens is 1. The Morgan fingerprint density at radius 3 is 2.36 bits per heavy atom. The number of hydrogen-bond acceptors (Lipinski definition) is 5. The van der Waals surface area contributed by atoms with Crippen LogP contribution >= 0.6 is 0 Å². The molecule has 178 valence electrons. The fourth-order valence-corrected chi connectivity index (χ4v) is 4.06. The van der Waals surface area contributed by atoms with Crippen LogP contribution in [0.1, 0.15) is 37.0 Å². The van der Waals surface area contributed by atoms with Crippen LogP contribution in [-0.4, -0.2) is 52.6 Å². The fourth-order valence-electron chi connectivity index (χ4n) is 4.06. The summed E-state index contributed by atoms with van der Waals surface area (Å²) in [7, 11) is 0. The van der Waals surface area contributed by atoms with Crippen LogP contribution in [0.15, 0.2) is 54.6 Å². The third-order valence-electron chi connectivity index (χ3n) is 5.77. The average molecular weight is 474 g/mol. The molecule has 7 nitrogen and oxygen atoms in total. The summed E-state index contributed by atoms with van der Waals surface area (Å²) < 4.78 is 5.20. The van der Waals surface area contributed by atoms with Gasteiger partial charge in [0.2, 0.25) is 5.91 Å². The monoisotopic (exact) mass is 473 g/mol. The van der Waals surface area contributed by atoms with Gasteiger partial charge in [-0.3, -0.25) is 14.9 Å². The van der Waals surface area contributed by atoms with Gasteiger partial charge in [0.15, 0.2) is 0 Å². The number of benzene rings is 2. The van der Waals surface area contributed by atoms with E-state index < -0.39 is 30.1 Å². The van der Waals surface area contributed by atoms with E-state index in [0.29, 0.717) is 12.8 Å². The minimum Gasteiger partial charge on any atom is -1.00 e. The van der Waals surface area contributed by atoms with Gasteiger partial charge in [-0.05, 0) is 43.4 Å². The minimum absolute atomic E-state index is 0. The predicted octanol–water partition coefficient (Wildman–Crippen LogP) is -0.429. The summed E-state index contributed by atoms with van der Waals surface area (Å²) in [6.45, 7) is 3.88. The summed E-state index contributed by atoms with van der Waals surface area (Å²) in [5, 5.41) is 12.8. The van der Waals surface area contributed by atoms with E-state index >= 15 is 0 Å². The van der Waals surface area contributed by atoms with Crippen molar-refractivity contribution in [3.8, 4) is 0 Å². The Kier molecular flexibility index (Phi) is 9.88. The molecule has 0 radical (unpaired) electrons. The number of amides is 1. The first kappa shape index (κ1) is 26.4.